The third-order valence-corrected chi connectivity index (χ3v) is 9.21. The molecule has 1 aromatic heterocycles. The second-order valence-electron chi connectivity index (χ2n) is 10.0. The molecule has 4 rings (SSSR count). The Kier molecular flexibility index (Phi) is 7.86. The van der Waals surface area contributed by atoms with Gasteiger partial charge in [-0.2, -0.15) is 0 Å². The minimum Gasteiger partial charge on any atom is -0.405 e. The molecule has 188 valence electrons. The molecule has 0 spiro atoms. The first-order valence-electron chi connectivity index (χ1n) is 12.0. The van der Waals surface area contributed by atoms with Crippen LogP contribution >= 0.6 is 23.9 Å². The summed E-state index contributed by atoms with van der Waals surface area (Å²) in [6.07, 6.45) is 3.41. The van der Waals surface area contributed by atoms with Crippen LogP contribution in [0.25, 0.3) is 11.3 Å². The summed E-state index contributed by atoms with van der Waals surface area (Å²) in [7, 11) is 0. The van der Waals surface area contributed by atoms with E-state index in [0.29, 0.717) is 16.4 Å². The van der Waals surface area contributed by atoms with Gasteiger partial charge in [-0.25, -0.2) is 4.31 Å². The quantitative estimate of drug-likeness (QED) is 0.383. The zero-order valence-electron chi connectivity index (χ0n) is 20.1. The molecular weight excluding hydrogens is 479 g/mol. The van der Waals surface area contributed by atoms with Gasteiger partial charge in [-0.3, -0.25) is 5.14 Å². The molecule has 1 aliphatic carbocycles. The molecule has 1 saturated carbocycles. The highest BCUT2D eigenvalue weighted by molar-refractivity contribution is 7.97. The van der Waals surface area contributed by atoms with E-state index < -0.39 is 6.36 Å². The molecule has 1 aromatic carbocycles. The maximum atomic E-state index is 13.4. The van der Waals surface area contributed by atoms with Crippen LogP contribution in [0, 0.1) is 12.8 Å². The lowest BCUT2D eigenvalue weighted by Gasteiger charge is -2.30. The van der Waals surface area contributed by atoms with Gasteiger partial charge >= 0.3 is 6.36 Å². The number of nitrogens with zero attached hydrogens (tertiary/aromatic N) is 2. The molecule has 0 amide bonds. The number of ether oxygens (including phenoxy) is 1. The van der Waals surface area contributed by atoms with Crippen molar-refractivity contribution in [2.75, 3.05) is 6.54 Å². The van der Waals surface area contributed by atoms with Gasteiger partial charge in [0.15, 0.2) is 0 Å². The van der Waals surface area contributed by atoms with Gasteiger partial charge in [0, 0.05) is 40.5 Å². The number of benzene rings is 1. The lowest BCUT2D eigenvalue weighted by Crippen LogP contribution is -2.32. The second-order valence-corrected chi connectivity index (χ2v) is 11.8. The molecule has 0 unspecified atom stereocenters. The average molecular weight is 514 g/mol. The van der Waals surface area contributed by atoms with Crippen molar-refractivity contribution in [2.45, 2.75) is 94.0 Å². The second kappa shape index (κ2) is 10.4. The molecule has 1 aliphatic heterocycles. The number of rotatable bonds is 7. The predicted octanol–water partition coefficient (Wildman–Crippen LogP) is 7.79. The van der Waals surface area contributed by atoms with Crippen LogP contribution in [0.2, 0.25) is 0 Å². The fourth-order valence-corrected chi connectivity index (χ4v) is 6.74. The lowest BCUT2D eigenvalue weighted by atomic mass is 9.89. The minimum atomic E-state index is -4.76. The molecule has 0 bridgehead atoms. The first-order chi connectivity index (χ1) is 16.1. The highest BCUT2D eigenvalue weighted by Gasteiger charge is 2.36. The topological polar surface area (TPSA) is 43.4 Å². The van der Waals surface area contributed by atoms with E-state index in [2.05, 4.69) is 27.5 Å². The molecule has 2 fully saturated rings. The van der Waals surface area contributed by atoms with Gasteiger partial charge in [0.2, 0.25) is 0 Å². The Morgan fingerprint density at radius 1 is 1.09 bits per heavy atom. The highest BCUT2D eigenvalue weighted by Crippen LogP contribution is 2.44. The van der Waals surface area contributed by atoms with E-state index in [-0.39, 0.29) is 11.3 Å². The lowest BCUT2D eigenvalue weighted by molar-refractivity contribution is -0.275. The molecular formula is C25H34F3N3OS2. The molecule has 0 atom stereocenters. The number of alkyl halides is 3. The van der Waals surface area contributed by atoms with Crippen LogP contribution in [0.1, 0.15) is 64.5 Å². The van der Waals surface area contributed by atoms with Crippen LogP contribution in [-0.4, -0.2) is 27.3 Å². The first-order valence-corrected chi connectivity index (χ1v) is 13.7. The summed E-state index contributed by atoms with van der Waals surface area (Å²) >= 11 is 2.53. The van der Waals surface area contributed by atoms with Crippen LogP contribution in [0.5, 0.6) is 5.75 Å². The van der Waals surface area contributed by atoms with E-state index >= 15 is 0 Å². The average Bonchev–Trinajstić information content (AvgIpc) is 3.27. The Balaban J connectivity index is 1.70. The Bertz CT molecular complexity index is 1000. The van der Waals surface area contributed by atoms with Crippen LogP contribution in [-0.2, 0) is 6.54 Å². The summed E-state index contributed by atoms with van der Waals surface area (Å²) in [4.78, 5) is 1.42. The fourth-order valence-electron chi connectivity index (χ4n) is 5.16. The predicted molar refractivity (Wildman–Crippen MR) is 134 cm³/mol. The van der Waals surface area contributed by atoms with Crippen LogP contribution in [0.3, 0.4) is 0 Å². The Morgan fingerprint density at radius 3 is 2.44 bits per heavy atom. The summed E-state index contributed by atoms with van der Waals surface area (Å²) < 4.78 is 49.0. The van der Waals surface area contributed by atoms with Gasteiger partial charge in [-0.1, -0.05) is 25.3 Å². The molecule has 0 radical (unpaired) electrons. The number of aromatic nitrogens is 1. The third kappa shape index (κ3) is 5.91. The Labute approximate surface area is 209 Å². The molecule has 2 aromatic rings. The summed E-state index contributed by atoms with van der Waals surface area (Å²) in [5, 5.41) is 5.92. The Morgan fingerprint density at radius 2 is 1.82 bits per heavy atom. The van der Waals surface area contributed by atoms with Crippen molar-refractivity contribution in [3.63, 3.8) is 0 Å². The zero-order valence-corrected chi connectivity index (χ0v) is 21.7. The molecule has 2 N–H and O–H groups in total. The molecule has 34 heavy (non-hydrogen) atoms. The van der Waals surface area contributed by atoms with Gasteiger partial charge in [0.25, 0.3) is 0 Å². The smallest absolute Gasteiger partial charge is 0.405 e. The highest BCUT2D eigenvalue weighted by atomic mass is 32.2. The molecule has 1 saturated heterocycles. The van der Waals surface area contributed by atoms with E-state index in [9.17, 15) is 13.2 Å². The number of hydrogen-bond acceptors (Lipinski definition) is 5. The summed E-state index contributed by atoms with van der Waals surface area (Å²) in [5.41, 5.74) is 2.59. The van der Waals surface area contributed by atoms with Crippen molar-refractivity contribution < 1.29 is 17.9 Å². The maximum absolute atomic E-state index is 13.4. The van der Waals surface area contributed by atoms with Crippen LogP contribution in [0.4, 0.5) is 13.2 Å². The van der Waals surface area contributed by atoms with Crippen molar-refractivity contribution in [1.29, 1.82) is 0 Å². The summed E-state index contributed by atoms with van der Waals surface area (Å²) in [5.74, 6) is 0.426. The van der Waals surface area contributed by atoms with Crippen molar-refractivity contribution in [3.05, 3.63) is 30.0 Å². The molecule has 2 aliphatic rings. The SMILES string of the molecule is Cc1c(SN)cc(-c2ccc(SN3CCCC3(C)C)c(OC(F)(F)F)c2)n1CC1CCCCC1. The maximum Gasteiger partial charge on any atom is 0.573 e. The molecule has 9 heteroatoms. The monoisotopic (exact) mass is 513 g/mol. The number of halogens is 3. The Hall–Kier alpha value is -1.29. The van der Waals surface area contributed by atoms with Crippen molar-refractivity contribution >= 4 is 23.9 Å². The molecule has 2 heterocycles. The zero-order chi connectivity index (χ0) is 24.5. The van der Waals surface area contributed by atoms with Gasteiger partial charge in [0.1, 0.15) is 5.75 Å². The standard InChI is InChI=1S/C25H34F3N3OS2/c1-17-23(33-29)15-20(30(17)16-18-8-5-4-6-9-18)19-10-11-22(21(14-19)32-25(26,27)28)34-31-13-7-12-24(31,2)3/h10-11,14-15,18H,4-9,12-13,16,29H2,1-3H3. The van der Waals surface area contributed by atoms with Crippen LogP contribution < -0.4 is 9.88 Å². The van der Waals surface area contributed by atoms with Crippen molar-refractivity contribution in [1.82, 2.24) is 8.87 Å². The fraction of sp³-hybridized carbons (Fsp3) is 0.600. The summed E-state index contributed by atoms with van der Waals surface area (Å²) in [6.45, 7) is 7.98. The van der Waals surface area contributed by atoms with E-state index in [1.807, 2.05) is 19.1 Å². The van der Waals surface area contributed by atoms with E-state index in [1.54, 1.807) is 6.07 Å². The normalized spacial score (nSPS) is 19.6. The first kappa shape index (κ1) is 25.8. The molecule has 4 nitrogen and oxygen atoms in total. The largest absolute Gasteiger partial charge is 0.573 e. The van der Waals surface area contributed by atoms with E-state index in [4.69, 9.17) is 5.14 Å². The number of hydrogen-bond donors (Lipinski definition) is 1. The van der Waals surface area contributed by atoms with E-state index in [1.165, 1.54) is 62.1 Å². The van der Waals surface area contributed by atoms with Gasteiger partial charge < -0.3 is 9.30 Å². The van der Waals surface area contributed by atoms with Crippen molar-refractivity contribution in [3.8, 4) is 17.0 Å². The minimum absolute atomic E-state index is 0.0715. The third-order valence-electron chi connectivity index (χ3n) is 7.11. The van der Waals surface area contributed by atoms with Crippen molar-refractivity contribution in [2.24, 2.45) is 11.1 Å². The van der Waals surface area contributed by atoms with Gasteiger partial charge in [0.05, 0.1) is 4.90 Å². The number of nitrogens with two attached hydrogens (primary N) is 1. The van der Waals surface area contributed by atoms with Crippen LogP contribution in [0.15, 0.2) is 34.1 Å². The summed E-state index contributed by atoms with van der Waals surface area (Å²) in [6, 6.07) is 7.20. The van der Waals surface area contributed by atoms with Gasteiger partial charge in [-0.15, -0.1) is 13.2 Å². The van der Waals surface area contributed by atoms with E-state index in [0.717, 1.165) is 42.2 Å². The van der Waals surface area contributed by atoms with Gasteiger partial charge in [-0.05, 0) is 94.5 Å².